The van der Waals surface area contributed by atoms with Gasteiger partial charge in [0.1, 0.15) is 5.75 Å². The number of carbonyl (C=O) groups excluding carboxylic acids is 1. The van der Waals surface area contributed by atoms with Crippen molar-refractivity contribution in [3.05, 3.63) is 65.4 Å². The summed E-state index contributed by atoms with van der Waals surface area (Å²) in [5, 5.41) is 5.28. The van der Waals surface area contributed by atoms with Gasteiger partial charge in [0.2, 0.25) is 0 Å². The van der Waals surface area contributed by atoms with Crippen molar-refractivity contribution >= 4 is 23.0 Å². The second-order valence-electron chi connectivity index (χ2n) is 5.69. The van der Waals surface area contributed by atoms with E-state index in [0.717, 1.165) is 23.2 Å². The lowest BCUT2D eigenvalue weighted by atomic mass is 10.1. The number of rotatable bonds is 5. The van der Waals surface area contributed by atoms with Crippen LogP contribution in [0.5, 0.6) is 5.75 Å². The van der Waals surface area contributed by atoms with E-state index in [-0.39, 0.29) is 5.91 Å². The molecule has 5 nitrogen and oxygen atoms in total. The van der Waals surface area contributed by atoms with Crippen LogP contribution in [0.15, 0.2) is 53.6 Å². The Kier molecular flexibility index (Phi) is 4.84. The first kappa shape index (κ1) is 16.8. The second-order valence-corrected chi connectivity index (χ2v) is 5.69. The predicted octanol–water partition coefficient (Wildman–Crippen LogP) is 3.74. The number of nitrogens with zero attached hydrogens (tertiary/aromatic N) is 2. The van der Waals surface area contributed by atoms with Gasteiger partial charge in [-0.05, 0) is 38.1 Å². The first-order valence-electron chi connectivity index (χ1n) is 8.21. The molecule has 0 atom stereocenters. The Balaban J connectivity index is 1.84. The van der Waals surface area contributed by atoms with Crippen molar-refractivity contribution in [1.82, 2.24) is 9.99 Å². The molecule has 25 heavy (non-hydrogen) atoms. The third kappa shape index (κ3) is 3.26. The van der Waals surface area contributed by atoms with Crippen LogP contribution in [0.2, 0.25) is 0 Å². The number of hydrogen-bond acceptors (Lipinski definition) is 3. The van der Waals surface area contributed by atoms with Crippen LogP contribution in [-0.2, 0) is 6.54 Å². The topological polar surface area (TPSA) is 55.6 Å². The smallest absolute Gasteiger partial charge is 0.271 e. The molecule has 1 N–H and O–H groups in total. The predicted molar refractivity (Wildman–Crippen MR) is 100 cm³/mol. The average molecular weight is 335 g/mol. The molecule has 0 aliphatic carbocycles. The number of nitrogens with one attached hydrogen (secondary N) is 1. The van der Waals surface area contributed by atoms with Gasteiger partial charge in [-0.25, -0.2) is 5.43 Å². The lowest BCUT2D eigenvalue weighted by Gasteiger charge is -2.03. The van der Waals surface area contributed by atoms with Crippen LogP contribution in [0.3, 0.4) is 0 Å². The van der Waals surface area contributed by atoms with Crippen LogP contribution in [-0.4, -0.2) is 23.8 Å². The van der Waals surface area contributed by atoms with Crippen LogP contribution < -0.4 is 10.2 Å². The van der Waals surface area contributed by atoms with Gasteiger partial charge >= 0.3 is 0 Å². The van der Waals surface area contributed by atoms with Crippen molar-refractivity contribution in [3.8, 4) is 5.75 Å². The van der Waals surface area contributed by atoms with Crippen LogP contribution in [0.25, 0.3) is 10.9 Å². The molecule has 0 aliphatic heterocycles. The van der Waals surface area contributed by atoms with E-state index in [0.29, 0.717) is 11.3 Å². The van der Waals surface area contributed by atoms with Crippen LogP contribution in [0.1, 0.15) is 28.5 Å². The highest BCUT2D eigenvalue weighted by Crippen LogP contribution is 2.24. The molecule has 0 radical (unpaired) electrons. The van der Waals surface area contributed by atoms with Crippen LogP contribution in [0.4, 0.5) is 0 Å². The second kappa shape index (κ2) is 7.21. The lowest BCUT2D eigenvalue weighted by molar-refractivity contribution is 0.0955. The van der Waals surface area contributed by atoms with Crippen molar-refractivity contribution < 1.29 is 9.53 Å². The maximum absolute atomic E-state index is 12.2. The molecule has 0 spiro atoms. The quantitative estimate of drug-likeness (QED) is 0.570. The third-order valence-corrected chi connectivity index (χ3v) is 4.29. The number of hydrazone groups is 1. The van der Waals surface area contributed by atoms with Gasteiger partial charge in [0.05, 0.1) is 13.3 Å². The molecular formula is C20H21N3O2. The minimum Gasteiger partial charge on any atom is -0.497 e. The molecule has 0 saturated heterocycles. The number of methoxy groups -OCH3 is 1. The normalized spacial score (nSPS) is 11.2. The molecule has 0 aliphatic rings. The number of benzene rings is 2. The molecule has 1 aromatic heterocycles. The molecule has 2 aromatic carbocycles. The van der Waals surface area contributed by atoms with E-state index in [1.54, 1.807) is 37.6 Å². The summed E-state index contributed by atoms with van der Waals surface area (Å²) >= 11 is 0. The number of amides is 1. The van der Waals surface area contributed by atoms with Gasteiger partial charge in [-0.1, -0.05) is 24.3 Å². The molecule has 0 bridgehead atoms. The maximum Gasteiger partial charge on any atom is 0.271 e. The van der Waals surface area contributed by atoms with Gasteiger partial charge in [0, 0.05) is 34.3 Å². The van der Waals surface area contributed by atoms with E-state index >= 15 is 0 Å². The molecule has 0 unspecified atom stereocenters. The van der Waals surface area contributed by atoms with Gasteiger partial charge in [-0.3, -0.25) is 4.79 Å². The van der Waals surface area contributed by atoms with E-state index < -0.39 is 0 Å². The fourth-order valence-corrected chi connectivity index (χ4v) is 3.01. The summed E-state index contributed by atoms with van der Waals surface area (Å²) in [6, 6.07) is 15.2. The van der Waals surface area contributed by atoms with Gasteiger partial charge in [0.15, 0.2) is 0 Å². The van der Waals surface area contributed by atoms with Gasteiger partial charge in [-0.2, -0.15) is 5.10 Å². The first-order valence-corrected chi connectivity index (χ1v) is 8.21. The zero-order chi connectivity index (χ0) is 17.8. The summed E-state index contributed by atoms with van der Waals surface area (Å²) in [7, 11) is 1.57. The molecule has 3 aromatic rings. The molecule has 1 amide bonds. The van der Waals surface area contributed by atoms with Crippen LogP contribution in [0, 0.1) is 6.92 Å². The minimum atomic E-state index is -0.271. The van der Waals surface area contributed by atoms with E-state index in [1.165, 1.54) is 5.52 Å². The Morgan fingerprint density at radius 3 is 2.80 bits per heavy atom. The molecule has 0 saturated carbocycles. The minimum absolute atomic E-state index is 0.271. The molecule has 128 valence electrons. The highest BCUT2D eigenvalue weighted by Gasteiger charge is 2.11. The zero-order valence-electron chi connectivity index (χ0n) is 14.6. The molecule has 1 heterocycles. The Bertz CT molecular complexity index is 941. The first-order chi connectivity index (χ1) is 12.2. The fraction of sp³-hybridized carbons (Fsp3) is 0.200. The summed E-state index contributed by atoms with van der Waals surface area (Å²) in [4.78, 5) is 12.2. The molecule has 0 fully saturated rings. The van der Waals surface area contributed by atoms with E-state index in [4.69, 9.17) is 4.74 Å². The number of hydrogen-bond donors (Lipinski definition) is 1. The van der Waals surface area contributed by atoms with Crippen molar-refractivity contribution in [2.75, 3.05) is 7.11 Å². The molecule has 3 rings (SSSR count). The van der Waals surface area contributed by atoms with E-state index in [1.807, 2.05) is 12.1 Å². The maximum atomic E-state index is 12.2. The fourth-order valence-electron chi connectivity index (χ4n) is 3.01. The number of aromatic nitrogens is 1. The number of fused-ring (bicyclic) bond motifs is 1. The monoisotopic (exact) mass is 335 g/mol. The highest BCUT2D eigenvalue weighted by atomic mass is 16.5. The third-order valence-electron chi connectivity index (χ3n) is 4.29. The number of aryl methyl sites for hydroxylation is 1. The van der Waals surface area contributed by atoms with Crippen molar-refractivity contribution in [1.29, 1.82) is 0 Å². The summed E-state index contributed by atoms with van der Waals surface area (Å²) < 4.78 is 7.37. The Hall–Kier alpha value is -3.08. The van der Waals surface area contributed by atoms with E-state index in [2.05, 4.69) is 41.1 Å². The van der Waals surface area contributed by atoms with Crippen molar-refractivity contribution in [2.45, 2.75) is 20.4 Å². The van der Waals surface area contributed by atoms with Crippen LogP contribution >= 0.6 is 0 Å². The summed E-state index contributed by atoms with van der Waals surface area (Å²) in [5.41, 5.74) is 6.40. The van der Waals surface area contributed by atoms with Gasteiger partial charge < -0.3 is 9.30 Å². The Morgan fingerprint density at radius 1 is 1.24 bits per heavy atom. The largest absolute Gasteiger partial charge is 0.497 e. The SMILES string of the molecule is CCn1c(C)c(/C=N/NC(=O)c2cccc(OC)c2)c2ccccc21. The number of ether oxygens (including phenoxy) is 1. The zero-order valence-corrected chi connectivity index (χ0v) is 14.6. The standard InChI is InChI=1S/C20H21N3O2/c1-4-23-14(2)18(17-10-5-6-11-19(17)23)13-21-22-20(24)15-8-7-9-16(12-15)25-3/h5-13H,4H2,1-3H3,(H,22,24)/b21-13+. The number of carbonyl (C=O) groups is 1. The Morgan fingerprint density at radius 2 is 2.04 bits per heavy atom. The summed E-state index contributed by atoms with van der Waals surface area (Å²) in [6.07, 6.45) is 1.71. The number of para-hydroxylation sites is 1. The molecule has 5 heteroatoms. The summed E-state index contributed by atoms with van der Waals surface area (Å²) in [6.45, 7) is 5.07. The van der Waals surface area contributed by atoms with E-state index in [9.17, 15) is 4.79 Å². The Labute approximate surface area is 146 Å². The average Bonchev–Trinajstić information content (AvgIpc) is 2.93. The highest BCUT2D eigenvalue weighted by molar-refractivity contribution is 6.02. The van der Waals surface area contributed by atoms with Gasteiger partial charge in [-0.15, -0.1) is 0 Å². The van der Waals surface area contributed by atoms with Crippen molar-refractivity contribution in [2.24, 2.45) is 5.10 Å². The summed E-state index contributed by atoms with van der Waals surface area (Å²) in [5.74, 6) is 0.366. The molecular weight excluding hydrogens is 314 g/mol. The lowest BCUT2D eigenvalue weighted by Crippen LogP contribution is -2.17. The van der Waals surface area contributed by atoms with Crippen molar-refractivity contribution in [3.63, 3.8) is 0 Å². The van der Waals surface area contributed by atoms with Gasteiger partial charge in [0.25, 0.3) is 5.91 Å².